The van der Waals surface area contributed by atoms with Crippen LogP contribution in [0.3, 0.4) is 0 Å². The van der Waals surface area contributed by atoms with Crippen molar-refractivity contribution in [1.29, 1.82) is 0 Å². The van der Waals surface area contributed by atoms with Crippen molar-refractivity contribution in [1.82, 2.24) is 4.57 Å². The average molecular weight is 223 g/mol. The second kappa shape index (κ2) is 3.28. The van der Waals surface area contributed by atoms with Crippen LogP contribution in [0.25, 0.3) is 28.0 Å². The van der Waals surface area contributed by atoms with E-state index in [0.29, 0.717) is 0 Å². The summed E-state index contributed by atoms with van der Waals surface area (Å²) in [6, 6.07) is 11.7. The number of nitrogen functional groups attached to an aromatic ring is 2. The van der Waals surface area contributed by atoms with Crippen molar-refractivity contribution in [2.45, 2.75) is 0 Å². The number of nitrogens with two attached hydrogens (primary N) is 2. The maximum atomic E-state index is 5.84. The molecule has 1 heterocycles. The highest BCUT2D eigenvalue weighted by Gasteiger charge is 2.08. The van der Waals surface area contributed by atoms with E-state index in [1.165, 1.54) is 0 Å². The lowest BCUT2D eigenvalue weighted by Crippen LogP contribution is -1.87. The molecule has 0 radical (unpaired) electrons. The van der Waals surface area contributed by atoms with Gasteiger partial charge in [-0.25, -0.2) is 0 Å². The zero-order valence-electron chi connectivity index (χ0n) is 9.35. The summed E-state index contributed by atoms with van der Waals surface area (Å²) in [6.45, 7) is 3.85. The molecule has 3 rings (SSSR count). The van der Waals surface area contributed by atoms with E-state index in [0.717, 1.165) is 33.2 Å². The SMILES string of the molecule is C=Cn1c2ccc(N)cc2c2ccc(N)cc21. The number of nitrogens with zero attached hydrogens (tertiary/aromatic N) is 1. The number of benzene rings is 2. The van der Waals surface area contributed by atoms with E-state index in [2.05, 4.69) is 6.58 Å². The summed E-state index contributed by atoms with van der Waals surface area (Å²) in [4.78, 5) is 0. The summed E-state index contributed by atoms with van der Waals surface area (Å²) in [5.74, 6) is 0. The van der Waals surface area contributed by atoms with E-state index in [1.54, 1.807) is 6.20 Å². The Morgan fingerprint density at radius 1 is 0.882 bits per heavy atom. The molecular formula is C14H13N3. The van der Waals surface area contributed by atoms with Gasteiger partial charge in [0.05, 0.1) is 11.0 Å². The number of anilines is 2. The highest BCUT2D eigenvalue weighted by Crippen LogP contribution is 2.31. The quantitative estimate of drug-likeness (QED) is 0.623. The molecule has 1 aromatic heterocycles. The summed E-state index contributed by atoms with van der Waals surface area (Å²) in [7, 11) is 0. The molecule has 0 atom stereocenters. The van der Waals surface area contributed by atoms with Gasteiger partial charge in [-0.05, 0) is 30.3 Å². The third kappa shape index (κ3) is 1.29. The molecule has 0 fully saturated rings. The van der Waals surface area contributed by atoms with E-state index in [4.69, 9.17) is 11.5 Å². The second-order valence-corrected chi connectivity index (χ2v) is 4.11. The molecule has 0 amide bonds. The van der Waals surface area contributed by atoms with E-state index in [1.807, 2.05) is 41.0 Å². The molecule has 0 bridgehead atoms. The van der Waals surface area contributed by atoms with Crippen LogP contribution in [-0.4, -0.2) is 4.57 Å². The molecule has 0 aliphatic heterocycles. The number of hydrogen-bond donors (Lipinski definition) is 2. The van der Waals surface area contributed by atoms with Gasteiger partial charge in [-0.2, -0.15) is 0 Å². The maximum Gasteiger partial charge on any atom is 0.0555 e. The minimum absolute atomic E-state index is 0.747. The van der Waals surface area contributed by atoms with Crippen LogP contribution in [0, 0.1) is 0 Å². The van der Waals surface area contributed by atoms with Crippen LogP contribution in [0.4, 0.5) is 11.4 Å². The van der Waals surface area contributed by atoms with Crippen LogP contribution in [0.2, 0.25) is 0 Å². The Bertz CT molecular complexity index is 738. The number of rotatable bonds is 1. The zero-order chi connectivity index (χ0) is 12.0. The van der Waals surface area contributed by atoms with Crippen molar-refractivity contribution >= 4 is 39.4 Å². The Hall–Kier alpha value is -2.42. The summed E-state index contributed by atoms with van der Waals surface area (Å²) in [6.07, 6.45) is 1.79. The smallest absolute Gasteiger partial charge is 0.0555 e. The van der Waals surface area contributed by atoms with E-state index in [9.17, 15) is 0 Å². The van der Waals surface area contributed by atoms with Crippen LogP contribution < -0.4 is 11.5 Å². The normalized spacial score (nSPS) is 11.1. The van der Waals surface area contributed by atoms with Crippen molar-refractivity contribution in [3.8, 4) is 0 Å². The Balaban J connectivity index is 2.61. The van der Waals surface area contributed by atoms with Crippen molar-refractivity contribution in [2.24, 2.45) is 0 Å². The number of aromatic nitrogens is 1. The van der Waals surface area contributed by atoms with Crippen LogP contribution in [0.1, 0.15) is 0 Å². The lowest BCUT2D eigenvalue weighted by Gasteiger charge is -1.99. The zero-order valence-corrected chi connectivity index (χ0v) is 9.35. The first-order chi connectivity index (χ1) is 8.20. The molecular weight excluding hydrogens is 210 g/mol. The highest BCUT2D eigenvalue weighted by atomic mass is 14.9. The fourth-order valence-corrected chi connectivity index (χ4v) is 2.28. The number of fused-ring (bicyclic) bond motifs is 3. The molecule has 3 aromatic rings. The third-order valence-corrected chi connectivity index (χ3v) is 3.03. The topological polar surface area (TPSA) is 57.0 Å². The largest absolute Gasteiger partial charge is 0.399 e. The van der Waals surface area contributed by atoms with Gasteiger partial charge >= 0.3 is 0 Å². The Morgan fingerprint density at radius 3 is 2.35 bits per heavy atom. The molecule has 0 aliphatic rings. The summed E-state index contributed by atoms with van der Waals surface area (Å²) >= 11 is 0. The fraction of sp³-hybridized carbons (Fsp3) is 0. The van der Waals surface area contributed by atoms with E-state index >= 15 is 0 Å². The first kappa shape index (κ1) is 9.78. The molecule has 0 unspecified atom stereocenters. The lowest BCUT2D eigenvalue weighted by atomic mass is 10.1. The molecule has 2 aromatic carbocycles. The molecule has 17 heavy (non-hydrogen) atoms. The molecule has 0 saturated carbocycles. The monoisotopic (exact) mass is 223 g/mol. The lowest BCUT2D eigenvalue weighted by molar-refractivity contribution is 1.30. The van der Waals surface area contributed by atoms with Crippen LogP contribution >= 0.6 is 0 Å². The second-order valence-electron chi connectivity index (χ2n) is 4.11. The molecule has 0 saturated heterocycles. The molecule has 3 nitrogen and oxygen atoms in total. The van der Waals surface area contributed by atoms with Gasteiger partial charge in [0, 0.05) is 28.3 Å². The highest BCUT2D eigenvalue weighted by molar-refractivity contribution is 6.10. The predicted octanol–water partition coefficient (Wildman–Crippen LogP) is 3.06. The summed E-state index contributed by atoms with van der Waals surface area (Å²) in [5, 5.41) is 2.27. The molecule has 0 aliphatic carbocycles. The van der Waals surface area contributed by atoms with Gasteiger partial charge in [-0.3, -0.25) is 0 Å². The van der Waals surface area contributed by atoms with Gasteiger partial charge in [0.15, 0.2) is 0 Å². The Morgan fingerprint density at radius 2 is 1.59 bits per heavy atom. The van der Waals surface area contributed by atoms with Crippen molar-refractivity contribution < 1.29 is 0 Å². The Kier molecular flexibility index (Phi) is 1.89. The summed E-state index contributed by atoms with van der Waals surface area (Å²) < 4.78 is 2.03. The maximum absolute atomic E-state index is 5.84. The first-order valence-corrected chi connectivity index (χ1v) is 5.42. The standard InChI is InChI=1S/C14H13N3/c1-2-17-13-6-4-9(15)7-12(13)11-5-3-10(16)8-14(11)17/h2-8H,1,15-16H2. The van der Waals surface area contributed by atoms with Crippen molar-refractivity contribution in [3.63, 3.8) is 0 Å². The average Bonchev–Trinajstić information content (AvgIpc) is 2.61. The number of hydrogen-bond acceptors (Lipinski definition) is 2. The van der Waals surface area contributed by atoms with Crippen molar-refractivity contribution in [2.75, 3.05) is 11.5 Å². The van der Waals surface area contributed by atoms with Gasteiger partial charge in [0.25, 0.3) is 0 Å². The van der Waals surface area contributed by atoms with Crippen LogP contribution in [0.5, 0.6) is 0 Å². The van der Waals surface area contributed by atoms with E-state index in [-0.39, 0.29) is 0 Å². The molecule has 3 heteroatoms. The van der Waals surface area contributed by atoms with Gasteiger partial charge in [-0.15, -0.1) is 0 Å². The van der Waals surface area contributed by atoms with E-state index < -0.39 is 0 Å². The minimum Gasteiger partial charge on any atom is -0.399 e. The first-order valence-electron chi connectivity index (χ1n) is 5.42. The van der Waals surface area contributed by atoms with Gasteiger partial charge < -0.3 is 16.0 Å². The van der Waals surface area contributed by atoms with Gasteiger partial charge in [0.2, 0.25) is 0 Å². The third-order valence-electron chi connectivity index (χ3n) is 3.03. The van der Waals surface area contributed by atoms with Gasteiger partial charge in [0.1, 0.15) is 0 Å². The molecule has 4 N–H and O–H groups in total. The molecule has 0 spiro atoms. The Labute approximate surface area is 98.9 Å². The predicted molar refractivity (Wildman–Crippen MR) is 74.7 cm³/mol. The van der Waals surface area contributed by atoms with Gasteiger partial charge in [-0.1, -0.05) is 12.6 Å². The minimum atomic E-state index is 0.747. The van der Waals surface area contributed by atoms with Crippen LogP contribution in [-0.2, 0) is 0 Å². The summed E-state index contributed by atoms with van der Waals surface area (Å²) in [5.41, 5.74) is 15.3. The fourth-order valence-electron chi connectivity index (χ4n) is 2.28. The van der Waals surface area contributed by atoms with Crippen molar-refractivity contribution in [3.05, 3.63) is 43.0 Å². The van der Waals surface area contributed by atoms with Crippen LogP contribution in [0.15, 0.2) is 43.0 Å². The molecule has 84 valence electrons.